The average Bonchev–Trinajstić information content (AvgIpc) is 2.66. The number of ether oxygens (including phenoxy) is 1. The molecule has 0 aromatic heterocycles. The van der Waals surface area contributed by atoms with Crippen LogP contribution >= 0.6 is 0 Å². The molecule has 142 valence electrons. The summed E-state index contributed by atoms with van der Waals surface area (Å²) < 4.78 is 5.42. The van der Waals surface area contributed by atoms with Gasteiger partial charge in [-0.25, -0.2) is 0 Å². The number of carbonyl (C=O) groups excluding carboxylic acids is 3. The van der Waals surface area contributed by atoms with Crippen LogP contribution in [0, 0.1) is 0 Å². The minimum atomic E-state index is -0.294. The molecule has 0 spiro atoms. The normalized spacial score (nSPS) is 13.4. The van der Waals surface area contributed by atoms with E-state index in [0.717, 1.165) is 19.6 Å². The maximum Gasteiger partial charge on any atom is 0.265 e. The monoisotopic (exact) mass is 361 g/mol. The molecule has 0 unspecified atom stereocenters. The Balaban J connectivity index is 2.06. The first kappa shape index (κ1) is 19.9. The minimum absolute atomic E-state index is 0.0190. The third-order valence-corrected chi connectivity index (χ3v) is 4.49. The number of rotatable bonds is 9. The molecule has 1 aromatic carbocycles. The first-order chi connectivity index (χ1) is 12.5. The van der Waals surface area contributed by atoms with Crippen LogP contribution in [0.4, 0.5) is 5.69 Å². The molecule has 0 saturated heterocycles. The molecule has 2 rings (SSSR count). The summed E-state index contributed by atoms with van der Waals surface area (Å²) in [4.78, 5) is 40.1. The summed E-state index contributed by atoms with van der Waals surface area (Å²) in [6, 6.07) is 4.99. The fourth-order valence-corrected chi connectivity index (χ4v) is 2.85. The molecule has 0 saturated carbocycles. The second kappa shape index (κ2) is 9.33. The number of Topliss-reactive ketones (excluding diaryl/α,β-unsaturated/α-hetero) is 1. The summed E-state index contributed by atoms with van der Waals surface area (Å²) in [6.45, 7) is 8.88. The number of fused-ring (bicyclic) bond motifs is 1. The first-order valence-corrected chi connectivity index (χ1v) is 9.09. The predicted molar refractivity (Wildman–Crippen MR) is 99.7 cm³/mol. The van der Waals surface area contributed by atoms with E-state index in [4.69, 9.17) is 4.74 Å². The first-order valence-electron chi connectivity index (χ1n) is 9.09. The van der Waals surface area contributed by atoms with Crippen LogP contribution in [-0.2, 0) is 9.59 Å². The lowest BCUT2D eigenvalue weighted by Gasteiger charge is -2.29. The van der Waals surface area contributed by atoms with Gasteiger partial charge in [0.15, 0.2) is 12.4 Å². The molecular weight excluding hydrogens is 334 g/mol. The van der Waals surface area contributed by atoms with Crippen molar-refractivity contribution in [1.82, 2.24) is 10.2 Å². The molecule has 1 heterocycles. The largest absolute Gasteiger partial charge is 0.482 e. The van der Waals surface area contributed by atoms with E-state index in [9.17, 15) is 14.4 Å². The number of hydrogen-bond donors (Lipinski definition) is 1. The Morgan fingerprint density at radius 1 is 1.23 bits per heavy atom. The number of amides is 2. The number of nitrogens with zero attached hydrogens (tertiary/aromatic N) is 2. The molecular formula is C19H27N3O4. The highest BCUT2D eigenvalue weighted by molar-refractivity contribution is 6.04. The van der Waals surface area contributed by atoms with Crippen molar-refractivity contribution in [2.24, 2.45) is 0 Å². The van der Waals surface area contributed by atoms with Crippen molar-refractivity contribution in [3.05, 3.63) is 23.8 Å². The number of nitrogens with one attached hydrogen (secondary N) is 1. The van der Waals surface area contributed by atoms with E-state index < -0.39 is 0 Å². The molecule has 7 nitrogen and oxygen atoms in total. The van der Waals surface area contributed by atoms with Gasteiger partial charge in [0, 0.05) is 25.1 Å². The van der Waals surface area contributed by atoms with E-state index in [2.05, 4.69) is 24.1 Å². The van der Waals surface area contributed by atoms with Gasteiger partial charge in [-0.15, -0.1) is 0 Å². The summed E-state index contributed by atoms with van der Waals surface area (Å²) in [5.74, 6) is -0.0364. The summed E-state index contributed by atoms with van der Waals surface area (Å²) in [6.07, 6.45) is 0.374. The van der Waals surface area contributed by atoms with E-state index in [1.807, 2.05) is 0 Å². The second-order valence-corrected chi connectivity index (χ2v) is 6.10. The molecule has 0 radical (unpaired) electrons. The smallest absolute Gasteiger partial charge is 0.265 e. The van der Waals surface area contributed by atoms with Crippen LogP contribution in [-0.4, -0.2) is 61.8 Å². The van der Waals surface area contributed by atoms with Crippen LogP contribution < -0.4 is 15.0 Å². The number of hydrogen-bond acceptors (Lipinski definition) is 5. The molecule has 1 aliphatic rings. The van der Waals surface area contributed by atoms with Gasteiger partial charge in [0.1, 0.15) is 12.3 Å². The topological polar surface area (TPSA) is 79.0 Å². The van der Waals surface area contributed by atoms with E-state index in [0.29, 0.717) is 30.0 Å². The van der Waals surface area contributed by atoms with Crippen LogP contribution in [0.3, 0.4) is 0 Å². The number of ketones is 1. The SMILES string of the molecule is CCC(=O)c1ccc2c(c1)N(CC(=O)NCCN(CC)CC)C(=O)CO2. The Morgan fingerprint density at radius 2 is 1.96 bits per heavy atom. The van der Waals surface area contributed by atoms with Gasteiger partial charge in [-0.1, -0.05) is 20.8 Å². The quantitative estimate of drug-likeness (QED) is 0.674. The fraction of sp³-hybridized carbons (Fsp3) is 0.526. The molecule has 1 aliphatic heterocycles. The molecule has 0 fully saturated rings. The number of benzene rings is 1. The summed E-state index contributed by atoms with van der Waals surface area (Å²) >= 11 is 0. The second-order valence-electron chi connectivity index (χ2n) is 6.10. The van der Waals surface area contributed by atoms with Crippen molar-refractivity contribution in [2.75, 3.05) is 44.2 Å². The zero-order chi connectivity index (χ0) is 19.1. The van der Waals surface area contributed by atoms with Gasteiger partial charge in [-0.05, 0) is 31.3 Å². The van der Waals surface area contributed by atoms with Gasteiger partial charge in [0.25, 0.3) is 5.91 Å². The fourth-order valence-electron chi connectivity index (χ4n) is 2.85. The summed E-state index contributed by atoms with van der Waals surface area (Å²) in [7, 11) is 0. The molecule has 0 atom stereocenters. The highest BCUT2D eigenvalue weighted by Gasteiger charge is 2.28. The van der Waals surface area contributed by atoms with Crippen LogP contribution in [0.1, 0.15) is 37.6 Å². The van der Waals surface area contributed by atoms with E-state index in [1.165, 1.54) is 4.90 Å². The molecule has 2 amide bonds. The van der Waals surface area contributed by atoms with E-state index in [1.54, 1.807) is 25.1 Å². The Kier molecular flexibility index (Phi) is 7.15. The number of anilines is 1. The van der Waals surface area contributed by atoms with E-state index in [-0.39, 0.29) is 30.7 Å². The highest BCUT2D eigenvalue weighted by Crippen LogP contribution is 2.33. The van der Waals surface area contributed by atoms with Crippen molar-refractivity contribution in [1.29, 1.82) is 0 Å². The lowest BCUT2D eigenvalue weighted by Crippen LogP contribution is -2.46. The third-order valence-electron chi connectivity index (χ3n) is 4.49. The lowest BCUT2D eigenvalue weighted by molar-refractivity contribution is -0.125. The Bertz CT molecular complexity index is 671. The van der Waals surface area contributed by atoms with Crippen molar-refractivity contribution >= 4 is 23.3 Å². The Hall–Kier alpha value is -2.41. The van der Waals surface area contributed by atoms with Gasteiger partial charge in [-0.3, -0.25) is 19.3 Å². The van der Waals surface area contributed by atoms with Gasteiger partial charge in [-0.2, -0.15) is 0 Å². The average molecular weight is 361 g/mol. The van der Waals surface area contributed by atoms with Gasteiger partial charge in [0.05, 0.1) is 5.69 Å². The summed E-state index contributed by atoms with van der Waals surface area (Å²) in [5.41, 5.74) is 0.982. The molecule has 7 heteroatoms. The van der Waals surface area contributed by atoms with Crippen molar-refractivity contribution in [3.63, 3.8) is 0 Å². The Labute approximate surface area is 154 Å². The standard InChI is InChI=1S/C19H27N3O4/c1-4-16(23)14-7-8-17-15(11-14)22(19(25)13-26-17)12-18(24)20-9-10-21(5-2)6-3/h7-8,11H,4-6,9-10,12-13H2,1-3H3,(H,20,24). The van der Waals surface area contributed by atoms with E-state index >= 15 is 0 Å². The van der Waals surface area contributed by atoms with Crippen LogP contribution in [0.25, 0.3) is 0 Å². The molecule has 0 aliphatic carbocycles. The molecule has 1 N–H and O–H groups in total. The van der Waals surface area contributed by atoms with Gasteiger partial charge < -0.3 is 15.0 Å². The maximum atomic E-state index is 12.3. The van der Waals surface area contributed by atoms with Crippen LogP contribution in [0.2, 0.25) is 0 Å². The third kappa shape index (κ3) is 4.82. The number of carbonyl (C=O) groups is 3. The molecule has 26 heavy (non-hydrogen) atoms. The van der Waals surface area contributed by atoms with Gasteiger partial charge in [0.2, 0.25) is 5.91 Å². The number of likely N-dealkylation sites (N-methyl/N-ethyl adjacent to an activating group) is 1. The van der Waals surface area contributed by atoms with Crippen LogP contribution in [0.5, 0.6) is 5.75 Å². The zero-order valence-electron chi connectivity index (χ0n) is 15.7. The Morgan fingerprint density at radius 3 is 2.62 bits per heavy atom. The predicted octanol–water partition coefficient (Wildman–Crippen LogP) is 1.46. The molecule has 0 bridgehead atoms. The van der Waals surface area contributed by atoms with Crippen LogP contribution in [0.15, 0.2) is 18.2 Å². The molecule has 1 aromatic rings. The van der Waals surface area contributed by atoms with Gasteiger partial charge >= 0.3 is 0 Å². The summed E-state index contributed by atoms with van der Waals surface area (Å²) in [5, 5.41) is 2.85. The zero-order valence-corrected chi connectivity index (χ0v) is 15.7. The minimum Gasteiger partial charge on any atom is -0.482 e. The van der Waals surface area contributed by atoms with Crippen molar-refractivity contribution in [3.8, 4) is 5.75 Å². The highest BCUT2D eigenvalue weighted by atomic mass is 16.5. The lowest BCUT2D eigenvalue weighted by atomic mass is 10.1. The van der Waals surface area contributed by atoms with Crippen molar-refractivity contribution < 1.29 is 19.1 Å². The maximum absolute atomic E-state index is 12.3. The van der Waals surface area contributed by atoms with Crippen molar-refractivity contribution in [2.45, 2.75) is 27.2 Å².